The average molecular weight is 289 g/mol. The van der Waals surface area contributed by atoms with Gasteiger partial charge in [0.05, 0.1) is 5.56 Å². The van der Waals surface area contributed by atoms with Gasteiger partial charge >= 0.3 is 0 Å². The maximum absolute atomic E-state index is 13.6. The number of benzene rings is 1. The van der Waals surface area contributed by atoms with Gasteiger partial charge in [-0.15, -0.1) is 10.2 Å². The highest BCUT2D eigenvalue weighted by Gasteiger charge is 2.25. The lowest BCUT2D eigenvalue weighted by Crippen LogP contribution is -2.39. The second-order valence-electron chi connectivity index (χ2n) is 5.25. The molecule has 2 heterocycles. The molecule has 1 aromatic carbocycles. The Morgan fingerprint density at radius 2 is 2.10 bits per heavy atom. The number of nitrogens with one attached hydrogen (secondary N) is 1. The second kappa shape index (κ2) is 5.99. The molecule has 0 bridgehead atoms. The largest absolute Gasteiger partial charge is 0.339 e. The van der Waals surface area contributed by atoms with Crippen LogP contribution >= 0.6 is 0 Å². The lowest BCUT2D eigenvalue weighted by Gasteiger charge is -2.31. The molecule has 1 N–H and O–H groups in total. The van der Waals surface area contributed by atoms with Crippen molar-refractivity contribution in [2.24, 2.45) is 5.92 Å². The van der Waals surface area contributed by atoms with E-state index in [2.05, 4.69) is 20.6 Å². The summed E-state index contributed by atoms with van der Waals surface area (Å²) in [5, 5.41) is 13.9. The number of piperidine rings is 1. The fraction of sp³-hybridized carbons (Fsp3) is 0.429. The van der Waals surface area contributed by atoms with Gasteiger partial charge in [0.1, 0.15) is 5.82 Å². The third-order valence-corrected chi connectivity index (χ3v) is 3.87. The van der Waals surface area contributed by atoms with Crippen molar-refractivity contribution in [3.05, 3.63) is 41.5 Å². The number of aromatic nitrogens is 4. The van der Waals surface area contributed by atoms with E-state index < -0.39 is 5.82 Å². The molecule has 0 radical (unpaired) electrons. The van der Waals surface area contributed by atoms with Crippen molar-refractivity contribution in [3.8, 4) is 0 Å². The zero-order valence-electron chi connectivity index (χ0n) is 11.5. The second-order valence-corrected chi connectivity index (χ2v) is 5.25. The molecule has 1 fully saturated rings. The smallest absolute Gasteiger partial charge is 0.256 e. The van der Waals surface area contributed by atoms with E-state index in [-0.39, 0.29) is 11.5 Å². The minimum atomic E-state index is -0.462. The Labute approximate surface area is 121 Å². The topological polar surface area (TPSA) is 74.8 Å². The van der Waals surface area contributed by atoms with Crippen molar-refractivity contribution < 1.29 is 9.18 Å². The SMILES string of the molecule is O=C(c1ccccc1F)N1CCC(Cc2nn[nH]n2)CC1. The minimum Gasteiger partial charge on any atom is -0.339 e. The van der Waals surface area contributed by atoms with Crippen LogP contribution in [0.3, 0.4) is 0 Å². The van der Waals surface area contributed by atoms with E-state index >= 15 is 0 Å². The van der Waals surface area contributed by atoms with Gasteiger partial charge in [0.25, 0.3) is 5.91 Å². The van der Waals surface area contributed by atoms with Crippen LogP contribution in [0.2, 0.25) is 0 Å². The van der Waals surface area contributed by atoms with Crippen molar-refractivity contribution in [1.29, 1.82) is 0 Å². The van der Waals surface area contributed by atoms with Crippen molar-refractivity contribution >= 4 is 5.91 Å². The number of hydrogen-bond donors (Lipinski definition) is 1. The highest BCUT2D eigenvalue weighted by molar-refractivity contribution is 5.94. The summed E-state index contributed by atoms with van der Waals surface area (Å²) in [4.78, 5) is 14.0. The van der Waals surface area contributed by atoms with Crippen molar-refractivity contribution in [2.45, 2.75) is 19.3 Å². The monoisotopic (exact) mass is 289 g/mol. The zero-order chi connectivity index (χ0) is 14.7. The van der Waals surface area contributed by atoms with Crippen LogP contribution in [0.4, 0.5) is 4.39 Å². The number of carbonyl (C=O) groups is 1. The molecule has 0 unspecified atom stereocenters. The van der Waals surface area contributed by atoms with Crippen LogP contribution in [0.5, 0.6) is 0 Å². The van der Waals surface area contributed by atoms with Crippen LogP contribution in [-0.4, -0.2) is 44.5 Å². The van der Waals surface area contributed by atoms with Crippen LogP contribution < -0.4 is 0 Å². The molecule has 1 saturated heterocycles. The minimum absolute atomic E-state index is 0.147. The molecule has 0 saturated carbocycles. The third-order valence-electron chi connectivity index (χ3n) is 3.87. The van der Waals surface area contributed by atoms with E-state index in [0.717, 1.165) is 19.3 Å². The number of carbonyl (C=O) groups excluding carboxylic acids is 1. The first-order chi connectivity index (χ1) is 10.2. The quantitative estimate of drug-likeness (QED) is 0.927. The molecule has 0 spiro atoms. The lowest BCUT2D eigenvalue weighted by atomic mass is 9.93. The summed E-state index contributed by atoms with van der Waals surface area (Å²) in [6, 6.07) is 6.11. The van der Waals surface area contributed by atoms with Gasteiger partial charge in [-0.1, -0.05) is 17.3 Å². The zero-order valence-corrected chi connectivity index (χ0v) is 11.5. The Morgan fingerprint density at radius 1 is 1.33 bits per heavy atom. The number of aromatic amines is 1. The average Bonchev–Trinajstić information content (AvgIpc) is 3.01. The molecule has 7 heteroatoms. The molecule has 1 aliphatic heterocycles. The van der Waals surface area contributed by atoms with Gasteiger partial charge < -0.3 is 4.90 Å². The summed E-state index contributed by atoms with van der Waals surface area (Å²) in [7, 11) is 0. The molecule has 6 nitrogen and oxygen atoms in total. The van der Waals surface area contributed by atoms with Crippen molar-refractivity contribution in [2.75, 3.05) is 13.1 Å². The third kappa shape index (κ3) is 3.07. The van der Waals surface area contributed by atoms with Gasteiger partial charge in [-0.25, -0.2) is 4.39 Å². The number of likely N-dealkylation sites (tertiary alicyclic amines) is 1. The van der Waals surface area contributed by atoms with Crippen LogP contribution in [0.1, 0.15) is 29.0 Å². The first-order valence-electron chi connectivity index (χ1n) is 7.00. The van der Waals surface area contributed by atoms with E-state index in [9.17, 15) is 9.18 Å². The normalized spacial score (nSPS) is 16.1. The molecule has 3 rings (SSSR count). The van der Waals surface area contributed by atoms with E-state index in [4.69, 9.17) is 0 Å². The van der Waals surface area contributed by atoms with Gasteiger partial charge in [-0.2, -0.15) is 5.21 Å². The molecule has 1 aliphatic rings. The Hall–Kier alpha value is -2.31. The van der Waals surface area contributed by atoms with Crippen LogP contribution in [0.25, 0.3) is 0 Å². The Morgan fingerprint density at radius 3 is 2.76 bits per heavy atom. The van der Waals surface area contributed by atoms with Gasteiger partial charge in [0, 0.05) is 19.5 Å². The van der Waals surface area contributed by atoms with Gasteiger partial charge in [0.15, 0.2) is 5.82 Å². The predicted octanol–water partition coefficient (Wildman–Crippen LogP) is 1.43. The lowest BCUT2D eigenvalue weighted by molar-refractivity contribution is 0.0685. The number of rotatable bonds is 3. The summed E-state index contributed by atoms with van der Waals surface area (Å²) in [5.41, 5.74) is 0.147. The maximum atomic E-state index is 13.6. The first kappa shape index (κ1) is 13.7. The summed E-state index contributed by atoms with van der Waals surface area (Å²) >= 11 is 0. The summed E-state index contributed by atoms with van der Waals surface area (Å²) in [6.07, 6.45) is 2.50. The molecule has 110 valence electrons. The fourth-order valence-electron chi connectivity index (χ4n) is 2.67. The number of tetrazole rings is 1. The standard InChI is InChI=1S/C14H16FN5O/c15-12-4-2-1-3-11(12)14(21)20-7-5-10(6-8-20)9-13-16-18-19-17-13/h1-4,10H,5-9H2,(H,16,17,18,19). The number of amides is 1. The van der Waals surface area contributed by atoms with Crippen LogP contribution in [-0.2, 0) is 6.42 Å². The Balaban J connectivity index is 1.58. The van der Waals surface area contributed by atoms with E-state index in [1.807, 2.05) is 0 Å². The van der Waals surface area contributed by atoms with Crippen LogP contribution in [0, 0.1) is 11.7 Å². The number of hydrogen-bond acceptors (Lipinski definition) is 4. The number of nitrogens with zero attached hydrogens (tertiary/aromatic N) is 4. The molecule has 2 aromatic rings. The molecule has 0 atom stereocenters. The first-order valence-corrected chi connectivity index (χ1v) is 7.00. The highest BCUT2D eigenvalue weighted by atomic mass is 19.1. The van der Waals surface area contributed by atoms with E-state index in [0.29, 0.717) is 24.8 Å². The van der Waals surface area contributed by atoms with E-state index in [1.165, 1.54) is 12.1 Å². The molecule has 0 aliphatic carbocycles. The Bertz CT molecular complexity index is 608. The molecule has 21 heavy (non-hydrogen) atoms. The van der Waals surface area contributed by atoms with Gasteiger partial charge in [0.2, 0.25) is 0 Å². The highest BCUT2D eigenvalue weighted by Crippen LogP contribution is 2.22. The molecule has 1 amide bonds. The van der Waals surface area contributed by atoms with Crippen molar-refractivity contribution in [3.63, 3.8) is 0 Å². The van der Waals surface area contributed by atoms with Crippen LogP contribution in [0.15, 0.2) is 24.3 Å². The number of halogens is 1. The molecular weight excluding hydrogens is 273 g/mol. The summed E-state index contributed by atoms with van der Waals surface area (Å²) < 4.78 is 13.6. The summed E-state index contributed by atoms with van der Waals surface area (Å²) in [5.74, 6) is 0.448. The van der Waals surface area contributed by atoms with Crippen molar-refractivity contribution in [1.82, 2.24) is 25.5 Å². The van der Waals surface area contributed by atoms with Gasteiger partial charge in [-0.3, -0.25) is 4.79 Å². The van der Waals surface area contributed by atoms with E-state index in [1.54, 1.807) is 17.0 Å². The molecule has 1 aromatic heterocycles. The Kier molecular flexibility index (Phi) is 3.89. The molecular formula is C14H16FN5O. The number of H-pyrrole nitrogens is 1. The van der Waals surface area contributed by atoms with Gasteiger partial charge in [-0.05, 0) is 30.9 Å². The maximum Gasteiger partial charge on any atom is 0.256 e. The fourth-order valence-corrected chi connectivity index (χ4v) is 2.67. The summed E-state index contributed by atoms with van der Waals surface area (Å²) in [6.45, 7) is 1.27. The predicted molar refractivity (Wildman–Crippen MR) is 72.9 cm³/mol.